The van der Waals surface area contributed by atoms with E-state index in [-0.39, 0.29) is 18.1 Å². The number of esters is 1. The van der Waals surface area contributed by atoms with Crippen molar-refractivity contribution in [1.29, 1.82) is 5.26 Å². The van der Waals surface area contributed by atoms with E-state index in [1.54, 1.807) is 23.8 Å². The van der Waals surface area contributed by atoms with Crippen molar-refractivity contribution in [2.75, 3.05) is 13.2 Å². The standard InChI is InChI=1S/C25H25N3O3/c1-2-31-24(29)18-28-17-21(22-12-6-7-13-23(22)28)15-20(16-26)25(30)27-14-8-11-19-9-4-3-5-10-19/h3-7,9-10,12-13,15,17H,2,8,11,14,18H2,1H3,(H,27,30)/b20-15-. The van der Waals surface area contributed by atoms with E-state index in [4.69, 9.17) is 4.74 Å². The summed E-state index contributed by atoms with van der Waals surface area (Å²) in [7, 11) is 0. The van der Waals surface area contributed by atoms with Crippen molar-refractivity contribution in [2.24, 2.45) is 0 Å². The number of aromatic nitrogens is 1. The van der Waals surface area contributed by atoms with Crippen LogP contribution in [0, 0.1) is 11.3 Å². The molecule has 1 aromatic heterocycles. The summed E-state index contributed by atoms with van der Waals surface area (Å²) in [5.41, 5.74) is 2.78. The predicted octanol–water partition coefficient (Wildman–Crippen LogP) is 3.86. The van der Waals surface area contributed by atoms with Crippen LogP contribution in [0.1, 0.15) is 24.5 Å². The summed E-state index contributed by atoms with van der Waals surface area (Å²) < 4.78 is 6.81. The fraction of sp³-hybridized carbons (Fsp3) is 0.240. The third kappa shape index (κ3) is 5.83. The molecule has 0 aliphatic heterocycles. The van der Waals surface area contributed by atoms with Gasteiger partial charge in [0.15, 0.2) is 0 Å². The first-order valence-corrected chi connectivity index (χ1v) is 10.3. The molecule has 3 rings (SSSR count). The van der Waals surface area contributed by atoms with E-state index in [1.165, 1.54) is 5.56 Å². The highest BCUT2D eigenvalue weighted by molar-refractivity contribution is 6.04. The largest absolute Gasteiger partial charge is 0.465 e. The number of para-hydroxylation sites is 1. The van der Waals surface area contributed by atoms with Crippen molar-refractivity contribution in [1.82, 2.24) is 9.88 Å². The van der Waals surface area contributed by atoms with E-state index >= 15 is 0 Å². The summed E-state index contributed by atoms with van der Waals surface area (Å²) in [4.78, 5) is 24.4. The van der Waals surface area contributed by atoms with Gasteiger partial charge in [-0.15, -0.1) is 0 Å². The van der Waals surface area contributed by atoms with Crippen LogP contribution in [0.3, 0.4) is 0 Å². The molecule has 3 aromatic rings. The Bertz CT molecular complexity index is 1120. The lowest BCUT2D eigenvalue weighted by molar-refractivity contribution is -0.143. The van der Waals surface area contributed by atoms with Gasteiger partial charge in [-0.2, -0.15) is 5.26 Å². The number of amides is 1. The molecule has 0 bridgehead atoms. The van der Waals surface area contributed by atoms with Crippen LogP contribution in [-0.2, 0) is 27.3 Å². The highest BCUT2D eigenvalue weighted by Crippen LogP contribution is 2.23. The van der Waals surface area contributed by atoms with Crippen molar-refractivity contribution in [3.63, 3.8) is 0 Å². The summed E-state index contributed by atoms with van der Waals surface area (Å²) >= 11 is 0. The van der Waals surface area contributed by atoms with Gasteiger partial charge in [0.25, 0.3) is 5.91 Å². The van der Waals surface area contributed by atoms with Gasteiger partial charge in [-0.1, -0.05) is 48.5 Å². The first-order chi connectivity index (χ1) is 15.1. The monoisotopic (exact) mass is 415 g/mol. The number of carbonyl (C=O) groups excluding carboxylic acids is 2. The summed E-state index contributed by atoms with van der Waals surface area (Å²) in [5.74, 6) is -0.742. The number of nitrogens with one attached hydrogen (secondary N) is 1. The van der Waals surface area contributed by atoms with Crippen LogP contribution < -0.4 is 5.32 Å². The van der Waals surface area contributed by atoms with Crippen molar-refractivity contribution < 1.29 is 14.3 Å². The Kier molecular flexibility index (Phi) is 7.61. The molecule has 0 aliphatic rings. The zero-order valence-corrected chi connectivity index (χ0v) is 17.5. The first kappa shape index (κ1) is 21.8. The van der Waals surface area contributed by atoms with Crippen LogP contribution >= 0.6 is 0 Å². The maximum absolute atomic E-state index is 12.5. The summed E-state index contributed by atoms with van der Waals surface area (Å²) in [6.45, 7) is 2.62. The summed E-state index contributed by atoms with van der Waals surface area (Å²) in [6.07, 6.45) is 4.97. The summed E-state index contributed by atoms with van der Waals surface area (Å²) in [6, 6.07) is 19.6. The molecule has 6 nitrogen and oxygen atoms in total. The van der Waals surface area contributed by atoms with Crippen molar-refractivity contribution in [3.05, 3.63) is 77.5 Å². The van der Waals surface area contributed by atoms with Gasteiger partial charge in [0.1, 0.15) is 18.2 Å². The second kappa shape index (κ2) is 10.8. The van der Waals surface area contributed by atoms with Gasteiger partial charge in [0.05, 0.1) is 6.61 Å². The third-order valence-electron chi connectivity index (χ3n) is 4.86. The van der Waals surface area contributed by atoms with Crippen LogP contribution in [0.25, 0.3) is 17.0 Å². The van der Waals surface area contributed by atoms with Crippen molar-refractivity contribution >= 4 is 28.9 Å². The normalized spacial score (nSPS) is 11.2. The molecule has 0 unspecified atom stereocenters. The average molecular weight is 415 g/mol. The highest BCUT2D eigenvalue weighted by Gasteiger charge is 2.14. The lowest BCUT2D eigenvalue weighted by atomic mass is 10.1. The molecule has 1 amide bonds. The summed E-state index contributed by atoms with van der Waals surface area (Å²) in [5, 5.41) is 13.2. The quantitative estimate of drug-likeness (QED) is 0.249. The molecular weight excluding hydrogens is 390 g/mol. The lowest BCUT2D eigenvalue weighted by Crippen LogP contribution is -2.25. The van der Waals surface area contributed by atoms with Crippen LogP contribution in [0.5, 0.6) is 0 Å². The first-order valence-electron chi connectivity index (χ1n) is 10.3. The molecule has 0 spiro atoms. The molecule has 0 aliphatic carbocycles. The second-order valence-corrected chi connectivity index (χ2v) is 7.05. The van der Waals surface area contributed by atoms with E-state index < -0.39 is 5.91 Å². The molecule has 0 saturated heterocycles. The number of fused-ring (bicyclic) bond motifs is 1. The Morgan fingerprint density at radius 3 is 2.61 bits per heavy atom. The smallest absolute Gasteiger partial charge is 0.325 e. The number of rotatable bonds is 9. The van der Waals surface area contributed by atoms with Crippen LogP contribution in [0.2, 0.25) is 0 Å². The van der Waals surface area contributed by atoms with Crippen molar-refractivity contribution in [2.45, 2.75) is 26.3 Å². The van der Waals surface area contributed by atoms with E-state index in [0.717, 1.165) is 23.7 Å². The molecule has 31 heavy (non-hydrogen) atoms. The predicted molar refractivity (Wildman–Crippen MR) is 120 cm³/mol. The molecule has 0 saturated carbocycles. The minimum absolute atomic E-state index is 0.0266. The number of hydrogen-bond donors (Lipinski definition) is 1. The van der Waals surface area contributed by atoms with Gasteiger partial charge < -0.3 is 14.6 Å². The number of nitrogens with zero attached hydrogens (tertiary/aromatic N) is 2. The SMILES string of the molecule is CCOC(=O)Cn1cc(/C=C(/C#N)C(=O)NCCCc2ccccc2)c2ccccc21. The molecule has 0 fully saturated rings. The van der Waals surface area contributed by atoms with Crippen molar-refractivity contribution in [3.8, 4) is 6.07 Å². The third-order valence-corrected chi connectivity index (χ3v) is 4.86. The molecule has 6 heteroatoms. The number of benzene rings is 2. The highest BCUT2D eigenvalue weighted by atomic mass is 16.5. The van der Waals surface area contributed by atoms with E-state index in [0.29, 0.717) is 18.7 Å². The Labute approximate surface area is 181 Å². The molecule has 1 N–H and O–H groups in total. The van der Waals surface area contributed by atoms with Crippen LogP contribution in [0.15, 0.2) is 66.4 Å². The lowest BCUT2D eigenvalue weighted by Gasteiger charge is -2.04. The average Bonchev–Trinajstić information content (AvgIpc) is 3.13. The molecule has 0 radical (unpaired) electrons. The number of carbonyl (C=O) groups is 2. The fourth-order valence-electron chi connectivity index (χ4n) is 3.41. The minimum Gasteiger partial charge on any atom is -0.465 e. The van der Waals surface area contributed by atoms with Gasteiger partial charge in [0, 0.05) is 29.2 Å². The fourth-order valence-corrected chi connectivity index (χ4v) is 3.41. The number of hydrogen-bond acceptors (Lipinski definition) is 4. The Morgan fingerprint density at radius 2 is 1.87 bits per heavy atom. The maximum Gasteiger partial charge on any atom is 0.325 e. The Balaban J connectivity index is 1.71. The van der Waals surface area contributed by atoms with Crippen LogP contribution in [0.4, 0.5) is 0 Å². The topological polar surface area (TPSA) is 84.1 Å². The van der Waals surface area contributed by atoms with E-state index in [9.17, 15) is 14.9 Å². The molecule has 158 valence electrons. The second-order valence-electron chi connectivity index (χ2n) is 7.05. The molecule has 0 atom stereocenters. The zero-order valence-electron chi connectivity index (χ0n) is 17.5. The number of aryl methyl sites for hydroxylation is 1. The van der Waals surface area contributed by atoms with Gasteiger partial charge >= 0.3 is 5.97 Å². The molecule has 1 heterocycles. The maximum atomic E-state index is 12.5. The van der Waals surface area contributed by atoms with Gasteiger partial charge in [-0.3, -0.25) is 9.59 Å². The zero-order chi connectivity index (χ0) is 22.1. The molecular formula is C25H25N3O3. The van der Waals surface area contributed by atoms with Gasteiger partial charge in [-0.05, 0) is 37.5 Å². The van der Waals surface area contributed by atoms with E-state index in [2.05, 4.69) is 17.4 Å². The molecule has 2 aromatic carbocycles. The number of ether oxygens (including phenoxy) is 1. The van der Waals surface area contributed by atoms with Crippen LogP contribution in [-0.4, -0.2) is 29.6 Å². The Hall–Kier alpha value is -3.85. The number of nitriles is 1. The Morgan fingerprint density at radius 1 is 1.13 bits per heavy atom. The van der Waals surface area contributed by atoms with Gasteiger partial charge in [-0.25, -0.2) is 0 Å². The van der Waals surface area contributed by atoms with E-state index in [1.807, 2.05) is 48.5 Å². The van der Waals surface area contributed by atoms with Gasteiger partial charge in [0.2, 0.25) is 0 Å². The minimum atomic E-state index is -0.405.